The lowest BCUT2D eigenvalue weighted by molar-refractivity contribution is 0.0670. The average Bonchev–Trinajstić information content (AvgIpc) is 2.35. The van der Waals surface area contributed by atoms with Crippen LogP contribution in [0.4, 0.5) is 4.39 Å². The fourth-order valence-corrected chi connectivity index (χ4v) is 2.04. The van der Waals surface area contributed by atoms with Crippen LogP contribution in [0.1, 0.15) is 5.56 Å². The highest BCUT2D eigenvalue weighted by atomic mass is 35.5. The number of halogens is 2. The first kappa shape index (κ1) is 12.3. The molecule has 1 aromatic carbocycles. The second kappa shape index (κ2) is 5.47. The van der Waals surface area contributed by atoms with Crippen molar-refractivity contribution < 1.29 is 9.13 Å². The minimum Gasteiger partial charge on any atom is -0.378 e. The minimum atomic E-state index is -0.351. The Balaban J connectivity index is 2.07. The van der Waals surface area contributed by atoms with Crippen LogP contribution in [-0.2, 0) is 11.2 Å². The van der Waals surface area contributed by atoms with Crippen molar-refractivity contribution in [2.45, 2.75) is 6.42 Å². The number of nitrogens with zero attached hydrogens (tertiary/aromatic N) is 1. The zero-order valence-corrected chi connectivity index (χ0v) is 10.1. The summed E-state index contributed by atoms with van der Waals surface area (Å²) in [4.78, 5) is 1.90. The highest BCUT2D eigenvalue weighted by molar-refractivity contribution is 6.31. The molecule has 2 rings (SSSR count). The summed E-state index contributed by atoms with van der Waals surface area (Å²) in [6.45, 7) is 2.61. The number of hydrogen-bond donors (Lipinski definition) is 1. The van der Waals surface area contributed by atoms with Gasteiger partial charge in [-0.3, -0.25) is 5.41 Å². The summed E-state index contributed by atoms with van der Waals surface area (Å²) in [7, 11) is 0. The second-order valence-electron chi connectivity index (χ2n) is 3.92. The number of amidine groups is 1. The normalized spacial score (nSPS) is 16.0. The van der Waals surface area contributed by atoms with E-state index in [1.165, 1.54) is 6.07 Å². The molecule has 1 aromatic rings. The summed E-state index contributed by atoms with van der Waals surface area (Å²) in [5.74, 6) is 0.0378. The number of rotatable bonds is 2. The van der Waals surface area contributed by atoms with E-state index in [1.54, 1.807) is 12.1 Å². The summed E-state index contributed by atoms with van der Waals surface area (Å²) in [6, 6.07) is 4.58. The summed E-state index contributed by atoms with van der Waals surface area (Å²) >= 11 is 5.93. The fourth-order valence-electron chi connectivity index (χ4n) is 1.81. The molecule has 17 heavy (non-hydrogen) atoms. The maximum absolute atomic E-state index is 13.6. The van der Waals surface area contributed by atoms with Crippen molar-refractivity contribution in [3.05, 3.63) is 34.6 Å². The Morgan fingerprint density at radius 1 is 1.41 bits per heavy atom. The molecule has 0 amide bonds. The van der Waals surface area contributed by atoms with Gasteiger partial charge in [0, 0.05) is 30.1 Å². The van der Waals surface area contributed by atoms with Crippen molar-refractivity contribution in [3.8, 4) is 0 Å². The van der Waals surface area contributed by atoms with Crippen LogP contribution in [0.3, 0.4) is 0 Å². The van der Waals surface area contributed by atoms with Crippen molar-refractivity contribution in [1.29, 1.82) is 5.41 Å². The molecule has 0 bridgehead atoms. The maximum Gasteiger partial charge on any atom is 0.128 e. The van der Waals surface area contributed by atoms with Crippen molar-refractivity contribution in [1.82, 2.24) is 4.90 Å². The molecular weight excluding hydrogens is 243 g/mol. The zero-order valence-electron chi connectivity index (χ0n) is 9.38. The molecule has 1 fully saturated rings. The monoisotopic (exact) mass is 256 g/mol. The third-order valence-corrected chi connectivity index (χ3v) is 3.15. The fraction of sp³-hybridized carbons (Fsp3) is 0.417. The average molecular weight is 257 g/mol. The van der Waals surface area contributed by atoms with Crippen LogP contribution < -0.4 is 0 Å². The quantitative estimate of drug-likeness (QED) is 0.651. The molecule has 5 heteroatoms. The third kappa shape index (κ3) is 2.96. The molecule has 0 unspecified atom stereocenters. The van der Waals surface area contributed by atoms with Gasteiger partial charge < -0.3 is 9.64 Å². The molecule has 1 N–H and O–H groups in total. The van der Waals surface area contributed by atoms with Gasteiger partial charge in [0.2, 0.25) is 0 Å². The van der Waals surface area contributed by atoms with E-state index in [1.807, 2.05) is 4.90 Å². The first-order chi connectivity index (χ1) is 8.18. The van der Waals surface area contributed by atoms with Crippen molar-refractivity contribution in [3.63, 3.8) is 0 Å². The first-order valence-electron chi connectivity index (χ1n) is 5.51. The number of benzene rings is 1. The second-order valence-corrected chi connectivity index (χ2v) is 4.33. The lowest BCUT2D eigenvalue weighted by Gasteiger charge is -2.29. The van der Waals surface area contributed by atoms with Gasteiger partial charge in [-0.15, -0.1) is 0 Å². The van der Waals surface area contributed by atoms with E-state index in [4.69, 9.17) is 21.7 Å². The van der Waals surface area contributed by atoms with Gasteiger partial charge in [0.25, 0.3) is 0 Å². The summed E-state index contributed by atoms with van der Waals surface area (Å²) in [5.41, 5.74) is 0.394. The Morgan fingerprint density at radius 3 is 2.76 bits per heavy atom. The third-order valence-electron chi connectivity index (χ3n) is 2.80. The highest BCUT2D eigenvalue weighted by Gasteiger charge is 2.16. The van der Waals surface area contributed by atoms with E-state index in [9.17, 15) is 4.39 Å². The Hall–Kier alpha value is -1.13. The highest BCUT2D eigenvalue weighted by Crippen LogP contribution is 2.20. The standard InChI is InChI=1S/C12H14ClFN2O/c13-10-2-1-3-11(14)9(10)8-12(15)16-4-6-17-7-5-16/h1-3,15H,4-8H2. The van der Waals surface area contributed by atoms with Gasteiger partial charge in [-0.2, -0.15) is 0 Å². The van der Waals surface area contributed by atoms with Gasteiger partial charge in [-0.1, -0.05) is 17.7 Å². The number of hydrogen-bond acceptors (Lipinski definition) is 2. The molecule has 1 saturated heterocycles. The van der Waals surface area contributed by atoms with Crippen LogP contribution in [-0.4, -0.2) is 37.0 Å². The Labute approximate surface area is 105 Å². The molecule has 3 nitrogen and oxygen atoms in total. The summed E-state index contributed by atoms with van der Waals surface area (Å²) in [6.07, 6.45) is 0.228. The number of morpholine rings is 1. The summed E-state index contributed by atoms with van der Waals surface area (Å²) in [5, 5.41) is 8.34. The van der Waals surface area contributed by atoms with E-state index in [2.05, 4.69) is 0 Å². The van der Waals surface area contributed by atoms with Crippen molar-refractivity contribution in [2.75, 3.05) is 26.3 Å². The predicted octanol–water partition coefficient (Wildman–Crippen LogP) is 2.33. The molecule has 0 spiro atoms. The lowest BCUT2D eigenvalue weighted by atomic mass is 10.1. The van der Waals surface area contributed by atoms with Gasteiger partial charge in [-0.25, -0.2) is 4.39 Å². The number of ether oxygens (including phenoxy) is 1. The zero-order chi connectivity index (χ0) is 12.3. The number of nitrogens with one attached hydrogen (secondary N) is 1. The van der Waals surface area contributed by atoms with E-state index < -0.39 is 0 Å². The smallest absolute Gasteiger partial charge is 0.128 e. The molecular formula is C12H14ClFN2O. The molecule has 0 atom stereocenters. The van der Waals surface area contributed by atoms with Gasteiger partial charge in [0.1, 0.15) is 11.7 Å². The molecule has 0 saturated carbocycles. The molecule has 0 aliphatic carbocycles. The van der Waals surface area contributed by atoms with E-state index in [0.29, 0.717) is 42.7 Å². The van der Waals surface area contributed by atoms with Gasteiger partial charge in [0.15, 0.2) is 0 Å². The van der Waals surface area contributed by atoms with Crippen LogP contribution in [0.2, 0.25) is 5.02 Å². The first-order valence-corrected chi connectivity index (χ1v) is 5.89. The molecule has 0 radical (unpaired) electrons. The Kier molecular flexibility index (Phi) is 3.97. The van der Waals surface area contributed by atoms with Crippen molar-refractivity contribution >= 4 is 17.4 Å². The molecule has 92 valence electrons. The Bertz CT molecular complexity index is 399. The molecule has 1 heterocycles. The van der Waals surface area contributed by atoms with Crippen molar-refractivity contribution in [2.24, 2.45) is 0 Å². The van der Waals surface area contributed by atoms with E-state index in [-0.39, 0.29) is 12.2 Å². The van der Waals surface area contributed by atoms with Crippen LogP contribution in [0.5, 0.6) is 0 Å². The van der Waals surface area contributed by atoms with Crippen LogP contribution >= 0.6 is 11.6 Å². The molecule has 1 aliphatic heterocycles. The van der Waals surface area contributed by atoms with Gasteiger partial charge in [-0.05, 0) is 12.1 Å². The topological polar surface area (TPSA) is 36.3 Å². The maximum atomic E-state index is 13.6. The van der Waals surface area contributed by atoms with Crippen LogP contribution in [0.25, 0.3) is 0 Å². The minimum absolute atomic E-state index is 0.228. The SMILES string of the molecule is N=C(Cc1c(F)cccc1Cl)N1CCOCC1. The summed E-state index contributed by atoms with van der Waals surface area (Å²) < 4.78 is 18.8. The van der Waals surface area contributed by atoms with Crippen LogP contribution in [0, 0.1) is 11.2 Å². The van der Waals surface area contributed by atoms with E-state index in [0.717, 1.165) is 0 Å². The van der Waals surface area contributed by atoms with Gasteiger partial charge >= 0.3 is 0 Å². The predicted molar refractivity (Wildman–Crippen MR) is 65.2 cm³/mol. The molecule has 0 aromatic heterocycles. The largest absolute Gasteiger partial charge is 0.378 e. The Morgan fingerprint density at radius 2 is 2.12 bits per heavy atom. The molecule has 1 aliphatic rings. The van der Waals surface area contributed by atoms with E-state index >= 15 is 0 Å². The van der Waals surface area contributed by atoms with Gasteiger partial charge in [0.05, 0.1) is 13.2 Å². The van der Waals surface area contributed by atoms with Crippen LogP contribution in [0.15, 0.2) is 18.2 Å². The lowest BCUT2D eigenvalue weighted by Crippen LogP contribution is -2.41.